The number of nitrogens with one attached hydrogen (secondary N) is 1. The maximum Gasteiger partial charge on any atom is 0.171 e. The van der Waals surface area contributed by atoms with Gasteiger partial charge in [-0.2, -0.15) is 0 Å². The van der Waals surface area contributed by atoms with Gasteiger partial charge in [0.1, 0.15) is 0 Å². The molecule has 0 spiro atoms. The molecule has 0 amide bonds. The molecule has 3 atom stereocenters. The van der Waals surface area contributed by atoms with Gasteiger partial charge in [-0.05, 0) is 33.1 Å². The van der Waals surface area contributed by atoms with E-state index in [9.17, 15) is 0 Å². The zero-order chi connectivity index (χ0) is 12.9. The summed E-state index contributed by atoms with van der Waals surface area (Å²) in [5, 5.41) is 3.58. The first kappa shape index (κ1) is 14.9. The second-order valence-electron chi connectivity index (χ2n) is 5.14. The molecule has 1 aliphatic rings. The lowest BCUT2D eigenvalue weighted by Gasteiger charge is -2.39. The molecule has 1 saturated heterocycles. The Morgan fingerprint density at radius 2 is 2.06 bits per heavy atom. The molecular formula is C13H27NO3. The largest absolute Gasteiger partial charge is 0.375 e. The van der Waals surface area contributed by atoms with Crippen LogP contribution in [0.4, 0.5) is 0 Å². The smallest absolute Gasteiger partial charge is 0.171 e. The van der Waals surface area contributed by atoms with Crippen molar-refractivity contribution >= 4 is 0 Å². The summed E-state index contributed by atoms with van der Waals surface area (Å²) in [5.41, 5.74) is 0.0191. The molecule has 1 heterocycles. The van der Waals surface area contributed by atoms with Gasteiger partial charge >= 0.3 is 0 Å². The predicted molar refractivity (Wildman–Crippen MR) is 68.1 cm³/mol. The first-order valence-corrected chi connectivity index (χ1v) is 6.50. The number of hydrogen-bond acceptors (Lipinski definition) is 4. The molecule has 0 saturated carbocycles. The molecule has 0 aromatic heterocycles. The summed E-state index contributed by atoms with van der Waals surface area (Å²) < 4.78 is 16.4. The van der Waals surface area contributed by atoms with Crippen LogP contribution in [0.5, 0.6) is 0 Å². The van der Waals surface area contributed by atoms with Crippen LogP contribution in [0.2, 0.25) is 0 Å². The van der Waals surface area contributed by atoms with Gasteiger partial charge in [0.05, 0.1) is 11.6 Å². The zero-order valence-corrected chi connectivity index (χ0v) is 11.8. The number of methoxy groups -OCH3 is 2. The average Bonchev–Trinajstić information content (AvgIpc) is 2.30. The van der Waals surface area contributed by atoms with Crippen LogP contribution >= 0.6 is 0 Å². The average molecular weight is 245 g/mol. The lowest BCUT2D eigenvalue weighted by Crippen LogP contribution is -2.51. The van der Waals surface area contributed by atoms with Crippen LogP contribution in [0.3, 0.4) is 0 Å². The highest BCUT2D eigenvalue weighted by Gasteiger charge is 2.32. The minimum atomic E-state index is -0.189. The van der Waals surface area contributed by atoms with E-state index in [-0.39, 0.29) is 17.9 Å². The van der Waals surface area contributed by atoms with Gasteiger partial charge in [0.25, 0.3) is 0 Å². The van der Waals surface area contributed by atoms with Crippen LogP contribution in [0, 0.1) is 0 Å². The second kappa shape index (κ2) is 6.69. The first-order valence-electron chi connectivity index (χ1n) is 6.50. The van der Waals surface area contributed by atoms with Crippen molar-refractivity contribution < 1.29 is 14.2 Å². The van der Waals surface area contributed by atoms with Crippen LogP contribution in [0.25, 0.3) is 0 Å². The lowest BCUT2D eigenvalue weighted by molar-refractivity contribution is -0.127. The molecule has 4 nitrogen and oxygen atoms in total. The van der Waals surface area contributed by atoms with E-state index in [1.165, 1.54) is 0 Å². The molecule has 0 aliphatic carbocycles. The van der Waals surface area contributed by atoms with Crippen molar-refractivity contribution in [1.29, 1.82) is 0 Å². The van der Waals surface area contributed by atoms with Crippen LogP contribution in [-0.4, -0.2) is 44.8 Å². The third kappa shape index (κ3) is 4.21. The van der Waals surface area contributed by atoms with Gasteiger partial charge in [0.15, 0.2) is 6.29 Å². The second-order valence-corrected chi connectivity index (χ2v) is 5.14. The highest BCUT2D eigenvalue weighted by molar-refractivity contribution is 4.87. The Hall–Kier alpha value is -0.160. The van der Waals surface area contributed by atoms with Crippen LogP contribution in [0.15, 0.2) is 0 Å². The quantitative estimate of drug-likeness (QED) is 0.726. The maximum atomic E-state index is 5.84. The van der Waals surface area contributed by atoms with E-state index in [2.05, 4.69) is 26.1 Å². The summed E-state index contributed by atoms with van der Waals surface area (Å²) in [7, 11) is 3.35. The molecule has 102 valence electrons. The molecule has 4 heteroatoms. The van der Waals surface area contributed by atoms with Crippen molar-refractivity contribution in [3.05, 3.63) is 0 Å². The molecule has 0 aromatic carbocycles. The van der Waals surface area contributed by atoms with Gasteiger partial charge in [-0.3, -0.25) is 0 Å². The van der Waals surface area contributed by atoms with Gasteiger partial charge in [-0.25, -0.2) is 0 Å². The fourth-order valence-electron chi connectivity index (χ4n) is 2.47. The summed E-state index contributed by atoms with van der Waals surface area (Å²) >= 11 is 0. The minimum absolute atomic E-state index is 0.0191. The van der Waals surface area contributed by atoms with Crippen molar-refractivity contribution in [2.45, 2.75) is 64.0 Å². The number of ether oxygens (including phenoxy) is 3. The molecular weight excluding hydrogens is 218 g/mol. The molecule has 1 N–H and O–H groups in total. The van der Waals surface area contributed by atoms with Crippen molar-refractivity contribution in [2.24, 2.45) is 0 Å². The van der Waals surface area contributed by atoms with Crippen molar-refractivity contribution in [2.75, 3.05) is 20.8 Å². The van der Waals surface area contributed by atoms with Crippen LogP contribution in [-0.2, 0) is 14.2 Å². The summed E-state index contributed by atoms with van der Waals surface area (Å²) in [6, 6.07) is 0.672. The standard InChI is InChI=1S/C13H27NO3/c1-6-13(3)9-11(7-8-17-13)14-10(2)12(15-4)16-5/h10-12,14H,6-9H2,1-5H3. The highest BCUT2D eigenvalue weighted by atomic mass is 16.7. The Morgan fingerprint density at radius 1 is 1.41 bits per heavy atom. The fraction of sp³-hybridized carbons (Fsp3) is 1.00. The SMILES string of the molecule is CCC1(C)CC(NC(C)C(OC)OC)CCO1. The van der Waals surface area contributed by atoms with E-state index in [1.54, 1.807) is 14.2 Å². The van der Waals surface area contributed by atoms with E-state index in [4.69, 9.17) is 14.2 Å². The van der Waals surface area contributed by atoms with E-state index in [0.29, 0.717) is 6.04 Å². The van der Waals surface area contributed by atoms with Crippen molar-refractivity contribution in [3.8, 4) is 0 Å². The fourth-order valence-corrected chi connectivity index (χ4v) is 2.47. The minimum Gasteiger partial charge on any atom is -0.375 e. The number of rotatable bonds is 6. The van der Waals surface area contributed by atoms with Gasteiger partial charge in [-0.15, -0.1) is 0 Å². The summed E-state index contributed by atoms with van der Waals surface area (Å²) in [6.07, 6.45) is 2.97. The maximum absolute atomic E-state index is 5.84. The van der Waals surface area contributed by atoms with Crippen molar-refractivity contribution in [3.63, 3.8) is 0 Å². The van der Waals surface area contributed by atoms with Gasteiger partial charge < -0.3 is 19.5 Å². The topological polar surface area (TPSA) is 39.7 Å². The first-order chi connectivity index (χ1) is 8.04. The summed E-state index contributed by atoms with van der Waals surface area (Å²) in [6.45, 7) is 7.30. The van der Waals surface area contributed by atoms with Gasteiger partial charge in [0.2, 0.25) is 0 Å². The van der Waals surface area contributed by atoms with Crippen LogP contribution in [0.1, 0.15) is 40.0 Å². The highest BCUT2D eigenvalue weighted by Crippen LogP contribution is 2.28. The van der Waals surface area contributed by atoms with E-state index in [0.717, 1.165) is 25.9 Å². The molecule has 3 unspecified atom stereocenters. The lowest BCUT2D eigenvalue weighted by atomic mass is 9.89. The van der Waals surface area contributed by atoms with Crippen molar-refractivity contribution in [1.82, 2.24) is 5.32 Å². The Kier molecular flexibility index (Phi) is 5.86. The van der Waals surface area contributed by atoms with E-state index < -0.39 is 0 Å². The van der Waals surface area contributed by atoms with E-state index in [1.807, 2.05) is 0 Å². The van der Waals surface area contributed by atoms with Crippen LogP contribution < -0.4 is 5.32 Å². The number of hydrogen-bond donors (Lipinski definition) is 1. The molecule has 17 heavy (non-hydrogen) atoms. The third-order valence-electron chi connectivity index (χ3n) is 3.71. The zero-order valence-electron chi connectivity index (χ0n) is 11.8. The Labute approximate surface area is 105 Å². The monoisotopic (exact) mass is 245 g/mol. The normalized spacial score (nSPS) is 31.8. The Morgan fingerprint density at radius 3 is 2.59 bits per heavy atom. The molecule has 0 radical (unpaired) electrons. The molecule has 0 bridgehead atoms. The summed E-state index contributed by atoms with van der Waals surface area (Å²) in [4.78, 5) is 0. The Balaban J connectivity index is 2.45. The predicted octanol–water partition coefficient (Wildman–Crippen LogP) is 1.93. The summed E-state index contributed by atoms with van der Waals surface area (Å²) in [5.74, 6) is 0. The van der Waals surface area contributed by atoms with E-state index >= 15 is 0 Å². The van der Waals surface area contributed by atoms with Gasteiger partial charge in [-0.1, -0.05) is 6.92 Å². The Bertz CT molecular complexity index is 221. The molecule has 1 rings (SSSR count). The molecule has 0 aromatic rings. The molecule has 1 fully saturated rings. The third-order valence-corrected chi connectivity index (χ3v) is 3.71. The van der Waals surface area contributed by atoms with Gasteiger partial charge in [0, 0.05) is 26.9 Å². The molecule has 1 aliphatic heterocycles.